The van der Waals surface area contributed by atoms with E-state index < -0.39 is 0 Å². The van der Waals surface area contributed by atoms with E-state index in [-0.39, 0.29) is 5.91 Å². The molecule has 0 radical (unpaired) electrons. The lowest BCUT2D eigenvalue weighted by Crippen LogP contribution is -2.18. The molecular formula is C20H26N2O2. The van der Waals surface area contributed by atoms with Crippen molar-refractivity contribution in [3.05, 3.63) is 59.2 Å². The first kappa shape index (κ1) is 18.0. The third-order valence-corrected chi connectivity index (χ3v) is 4.00. The molecule has 128 valence electrons. The number of nitrogens with one attached hydrogen (secondary N) is 2. The first-order chi connectivity index (χ1) is 11.6. The van der Waals surface area contributed by atoms with Gasteiger partial charge >= 0.3 is 0 Å². The van der Waals surface area contributed by atoms with Gasteiger partial charge in [-0.3, -0.25) is 4.79 Å². The lowest BCUT2D eigenvalue weighted by atomic mass is 10.1. The quantitative estimate of drug-likeness (QED) is 0.775. The molecule has 0 aromatic heterocycles. The molecule has 0 unspecified atom stereocenters. The fourth-order valence-electron chi connectivity index (χ4n) is 2.40. The van der Waals surface area contributed by atoms with Gasteiger partial charge in [-0.15, -0.1) is 0 Å². The second-order valence-electron chi connectivity index (χ2n) is 5.78. The van der Waals surface area contributed by atoms with Crippen LogP contribution in [-0.2, 0) is 11.3 Å². The molecule has 0 aliphatic heterocycles. The summed E-state index contributed by atoms with van der Waals surface area (Å²) in [6, 6.07) is 13.8. The van der Waals surface area contributed by atoms with Crippen molar-refractivity contribution in [2.75, 3.05) is 18.5 Å². The molecule has 2 aromatic rings. The minimum atomic E-state index is -0.0377. The number of benzene rings is 2. The summed E-state index contributed by atoms with van der Waals surface area (Å²) in [5, 5.41) is 6.25. The van der Waals surface area contributed by atoms with Crippen molar-refractivity contribution in [1.29, 1.82) is 0 Å². The molecule has 0 saturated carbocycles. The maximum atomic E-state index is 12.2. The minimum absolute atomic E-state index is 0.0377. The molecule has 0 heterocycles. The molecular weight excluding hydrogens is 300 g/mol. The van der Waals surface area contributed by atoms with E-state index in [1.165, 1.54) is 5.56 Å². The molecule has 0 aliphatic carbocycles. The summed E-state index contributed by atoms with van der Waals surface area (Å²) in [7, 11) is 0. The van der Waals surface area contributed by atoms with Gasteiger partial charge in [-0.25, -0.2) is 0 Å². The van der Waals surface area contributed by atoms with E-state index in [1.807, 2.05) is 43.3 Å². The van der Waals surface area contributed by atoms with Crippen molar-refractivity contribution in [2.24, 2.45) is 0 Å². The third kappa shape index (κ3) is 5.10. The van der Waals surface area contributed by atoms with Crippen LogP contribution >= 0.6 is 0 Å². The number of amides is 1. The number of rotatable bonds is 8. The second kappa shape index (κ2) is 9.08. The van der Waals surface area contributed by atoms with Gasteiger partial charge in [-0.1, -0.05) is 37.3 Å². The van der Waals surface area contributed by atoms with Gasteiger partial charge in [0.15, 0.2) is 0 Å². The average molecular weight is 326 g/mol. The van der Waals surface area contributed by atoms with Gasteiger partial charge in [0.25, 0.3) is 0 Å². The van der Waals surface area contributed by atoms with Crippen molar-refractivity contribution in [1.82, 2.24) is 5.32 Å². The highest BCUT2D eigenvalue weighted by Gasteiger charge is 2.08. The summed E-state index contributed by atoms with van der Waals surface area (Å²) >= 11 is 0. The van der Waals surface area contributed by atoms with Crippen molar-refractivity contribution < 1.29 is 9.53 Å². The van der Waals surface area contributed by atoms with Gasteiger partial charge in [0.1, 0.15) is 5.75 Å². The van der Waals surface area contributed by atoms with Crippen LogP contribution in [0.25, 0.3) is 0 Å². The first-order valence-electron chi connectivity index (χ1n) is 8.39. The molecule has 2 N–H and O–H groups in total. The molecule has 0 fully saturated rings. The number of hydrogen-bond donors (Lipinski definition) is 2. The first-order valence-corrected chi connectivity index (χ1v) is 8.39. The summed E-state index contributed by atoms with van der Waals surface area (Å²) in [5.74, 6) is 0.805. The summed E-state index contributed by atoms with van der Waals surface area (Å²) in [6.45, 7) is 8.15. The lowest BCUT2D eigenvalue weighted by molar-refractivity contribution is -0.116. The summed E-state index contributed by atoms with van der Waals surface area (Å²) in [5.41, 5.74) is 4.25. The predicted octanol–water partition coefficient (Wildman–Crippen LogP) is 3.82. The van der Waals surface area contributed by atoms with E-state index in [9.17, 15) is 4.79 Å². The molecule has 0 spiro atoms. The summed E-state index contributed by atoms with van der Waals surface area (Å²) in [4.78, 5) is 12.2. The summed E-state index contributed by atoms with van der Waals surface area (Å²) < 4.78 is 5.75. The Morgan fingerprint density at radius 2 is 1.88 bits per heavy atom. The van der Waals surface area contributed by atoms with Crippen LogP contribution in [0.1, 0.15) is 30.0 Å². The lowest BCUT2D eigenvalue weighted by Gasteiger charge is -2.13. The average Bonchev–Trinajstić information content (AvgIpc) is 2.58. The van der Waals surface area contributed by atoms with Crippen LogP contribution in [0.5, 0.6) is 5.75 Å². The Morgan fingerprint density at radius 3 is 2.67 bits per heavy atom. The van der Waals surface area contributed by atoms with E-state index in [0.29, 0.717) is 13.0 Å². The Morgan fingerprint density at radius 1 is 1.08 bits per heavy atom. The zero-order valence-electron chi connectivity index (χ0n) is 14.7. The smallest absolute Gasteiger partial charge is 0.227 e. The van der Waals surface area contributed by atoms with E-state index in [2.05, 4.69) is 30.5 Å². The van der Waals surface area contributed by atoms with Crippen molar-refractivity contribution in [3.8, 4) is 5.75 Å². The van der Waals surface area contributed by atoms with Crippen LogP contribution in [-0.4, -0.2) is 19.1 Å². The Hall–Kier alpha value is -2.33. The van der Waals surface area contributed by atoms with E-state index in [4.69, 9.17) is 4.74 Å². The predicted molar refractivity (Wildman–Crippen MR) is 98.5 cm³/mol. The zero-order chi connectivity index (χ0) is 17.4. The Balaban J connectivity index is 1.86. The Labute approximate surface area is 144 Å². The second-order valence-corrected chi connectivity index (χ2v) is 5.78. The highest BCUT2D eigenvalue weighted by atomic mass is 16.5. The highest BCUT2D eigenvalue weighted by molar-refractivity contribution is 5.91. The van der Waals surface area contributed by atoms with E-state index in [1.54, 1.807) is 0 Å². The molecule has 4 nitrogen and oxygen atoms in total. The fourth-order valence-corrected chi connectivity index (χ4v) is 2.40. The van der Waals surface area contributed by atoms with Crippen LogP contribution < -0.4 is 15.4 Å². The topological polar surface area (TPSA) is 50.4 Å². The minimum Gasteiger partial charge on any atom is -0.493 e. The molecule has 0 bridgehead atoms. The number of para-hydroxylation sites is 1. The van der Waals surface area contributed by atoms with Crippen LogP contribution in [0.2, 0.25) is 0 Å². The normalized spacial score (nSPS) is 10.5. The molecule has 0 atom stereocenters. The number of aryl methyl sites for hydroxylation is 1. The van der Waals surface area contributed by atoms with Crippen LogP contribution in [0, 0.1) is 13.8 Å². The number of anilines is 1. The maximum Gasteiger partial charge on any atom is 0.227 e. The van der Waals surface area contributed by atoms with Gasteiger partial charge < -0.3 is 15.4 Å². The highest BCUT2D eigenvalue weighted by Crippen LogP contribution is 2.21. The monoisotopic (exact) mass is 326 g/mol. The van der Waals surface area contributed by atoms with Crippen molar-refractivity contribution in [2.45, 2.75) is 33.7 Å². The third-order valence-electron chi connectivity index (χ3n) is 4.00. The zero-order valence-corrected chi connectivity index (χ0v) is 14.7. The molecule has 24 heavy (non-hydrogen) atoms. The standard InChI is InChI=1S/C20H26N2O2/c1-4-21-14-17-9-5-6-10-18(17)22-20(23)12-13-24-19-11-7-8-15(2)16(19)3/h5-11,21H,4,12-14H2,1-3H3,(H,22,23). The van der Waals surface area contributed by atoms with Gasteiger partial charge in [-0.2, -0.15) is 0 Å². The number of carbonyl (C=O) groups excluding carboxylic acids is 1. The fraction of sp³-hybridized carbons (Fsp3) is 0.350. The van der Waals surface area contributed by atoms with Crippen molar-refractivity contribution in [3.63, 3.8) is 0 Å². The molecule has 2 aromatic carbocycles. The Kier molecular flexibility index (Phi) is 6.82. The van der Waals surface area contributed by atoms with Gasteiger partial charge in [-0.05, 0) is 49.2 Å². The summed E-state index contributed by atoms with van der Waals surface area (Å²) in [6.07, 6.45) is 0.322. The molecule has 2 rings (SSSR count). The van der Waals surface area contributed by atoms with Gasteiger partial charge in [0, 0.05) is 12.2 Å². The molecule has 0 aliphatic rings. The van der Waals surface area contributed by atoms with Gasteiger partial charge in [0.2, 0.25) is 5.91 Å². The molecule has 1 amide bonds. The number of hydrogen-bond acceptors (Lipinski definition) is 3. The van der Waals surface area contributed by atoms with Crippen LogP contribution in [0.3, 0.4) is 0 Å². The van der Waals surface area contributed by atoms with Crippen LogP contribution in [0.4, 0.5) is 5.69 Å². The number of carbonyl (C=O) groups is 1. The van der Waals surface area contributed by atoms with E-state index >= 15 is 0 Å². The largest absolute Gasteiger partial charge is 0.493 e. The van der Waals surface area contributed by atoms with Gasteiger partial charge in [0.05, 0.1) is 13.0 Å². The number of ether oxygens (including phenoxy) is 1. The molecule has 0 saturated heterocycles. The maximum absolute atomic E-state index is 12.2. The van der Waals surface area contributed by atoms with E-state index in [0.717, 1.165) is 35.7 Å². The van der Waals surface area contributed by atoms with Crippen LogP contribution in [0.15, 0.2) is 42.5 Å². The Bertz CT molecular complexity index is 683. The van der Waals surface area contributed by atoms with Crippen molar-refractivity contribution >= 4 is 11.6 Å². The SMILES string of the molecule is CCNCc1ccccc1NC(=O)CCOc1cccc(C)c1C. The molecule has 4 heteroatoms.